The highest BCUT2D eigenvalue weighted by molar-refractivity contribution is 5.66. The Bertz CT molecular complexity index is 673. The molecule has 0 amide bonds. The molecule has 2 aliphatic rings. The molecule has 0 aromatic heterocycles. The van der Waals surface area contributed by atoms with Gasteiger partial charge in [-0.15, -0.1) is 0 Å². The summed E-state index contributed by atoms with van der Waals surface area (Å²) in [6.07, 6.45) is 5.19. The first-order chi connectivity index (χ1) is 11.3. The maximum absolute atomic E-state index is 6.28. The number of piperidine rings is 1. The van der Waals surface area contributed by atoms with Crippen LogP contribution in [0, 0.1) is 0 Å². The predicted molar refractivity (Wildman–Crippen MR) is 92.0 cm³/mol. The first-order valence-electron chi connectivity index (χ1n) is 8.47. The second-order valence-corrected chi connectivity index (χ2v) is 6.61. The Morgan fingerprint density at radius 1 is 0.870 bits per heavy atom. The van der Waals surface area contributed by atoms with Gasteiger partial charge in [0.05, 0.1) is 7.11 Å². The Labute approximate surface area is 137 Å². The molecule has 0 radical (unpaired) electrons. The average molecular weight is 309 g/mol. The van der Waals surface area contributed by atoms with E-state index in [1.165, 1.54) is 18.4 Å². The molecule has 3 atom stereocenters. The third kappa shape index (κ3) is 3.20. The zero-order valence-corrected chi connectivity index (χ0v) is 13.5. The van der Waals surface area contributed by atoms with Crippen LogP contribution >= 0.6 is 0 Å². The summed E-state index contributed by atoms with van der Waals surface area (Å²) >= 11 is 0. The second kappa shape index (κ2) is 6.25. The molecule has 3 nitrogen and oxygen atoms in total. The van der Waals surface area contributed by atoms with Crippen molar-refractivity contribution in [3.05, 3.63) is 48.5 Å². The van der Waals surface area contributed by atoms with Crippen LogP contribution in [0.1, 0.15) is 25.7 Å². The number of rotatable bonds is 4. The van der Waals surface area contributed by atoms with Gasteiger partial charge in [-0.25, -0.2) is 0 Å². The molecule has 2 aromatic carbocycles. The molecular weight excluding hydrogens is 286 g/mol. The van der Waals surface area contributed by atoms with E-state index >= 15 is 0 Å². The topological polar surface area (TPSA) is 30.5 Å². The van der Waals surface area contributed by atoms with E-state index < -0.39 is 0 Å². The summed E-state index contributed by atoms with van der Waals surface area (Å²) in [5.41, 5.74) is 2.32. The largest absolute Gasteiger partial charge is 0.497 e. The van der Waals surface area contributed by atoms with Crippen molar-refractivity contribution in [2.45, 2.75) is 43.9 Å². The number of hydrogen-bond donors (Lipinski definition) is 1. The van der Waals surface area contributed by atoms with Gasteiger partial charge in [0.2, 0.25) is 0 Å². The van der Waals surface area contributed by atoms with Crippen LogP contribution in [-0.2, 0) is 0 Å². The molecule has 0 spiro atoms. The van der Waals surface area contributed by atoms with Crippen LogP contribution < -0.4 is 14.8 Å². The number of benzene rings is 2. The molecule has 2 saturated heterocycles. The fourth-order valence-electron chi connectivity index (χ4n) is 3.85. The fraction of sp³-hybridized carbons (Fsp3) is 0.400. The molecule has 0 unspecified atom stereocenters. The van der Waals surface area contributed by atoms with Gasteiger partial charge in [0.1, 0.15) is 17.6 Å². The molecule has 2 heterocycles. The van der Waals surface area contributed by atoms with E-state index in [2.05, 4.69) is 41.7 Å². The predicted octanol–water partition coefficient (Wildman–Crippen LogP) is 4.02. The van der Waals surface area contributed by atoms with Gasteiger partial charge in [-0.2, -0.15) is 0 Å². The van der Waals surface area contributed by atoms with Gasteiger partial charge in [0, 0.05) is 12.1 Å². The van der Waals surface area contributed by atoms with E-state index in [-0.39, 0.29) is 0 Å². The quantitative estimate of drug-likeness (QED) is 0.925. The van der Waals surface area contributed by atoms with Crippen molar-refractivity contribution in [3.8, 4) is 22.6 Å². The maximum atomic E-state index is 6.28. The molecule has 4 rings (SSSR count). The Balaban J connectivity index is 1.52. The van der Waals surface area contributed by atoms with Crippen molar-refractivity contribution in [2.24, 2.45) is 0 Å². The van der Waals surface area contributed by atoms with E-state index in [0.29, 0.717) is 18.2 Å². The molecule has 0 saturated carbocycles. The third-order valence-corrected chi connectivity index (χ3v) is 4.97. The van der Waals surface area contributed by atoms with Crippen molar-refractivity contribution < 1.29 is 9.47 Å². The summed E-state index contributed by atoms with van der Waals surface area (Å²) in [6.45, 7) is 0. The third-order valence-electron chi connectivity index (χ3n) is 4.97. The van der Waals surface area contributed by atoms with E-state index in [1.54, 1.807) is 7.11 Å². The minimum atomic E-state index is 0.342. The van der Waals surface area contributed by atoms with Crippen molar-refractivity contribution in [2.75, 3.05) is 7.11 Å². The highest BCUT2D eigenvalue weighted by Gasteiger charge is 2.34. The van der Waals surface area contributed by atoms with Crippen molar-refractivity contribution in [3.63, 3.8) is 0 Å². The second-order valence-electron chi connectivity index (χ2n) is 6.61. The lowest BCUT2D eigenvalue weighted by Crippen LogP contribution is -2.42. The molecule has 23 heavy (non-hydrogen) atoms. The number of methoxy groups -OCH3 is 1. The van der Waals surface area contributed by atoms with Crippen molar-refractivity contribution in [1.82, 2.24) is 5.32 Å². The van der Waals surface area contributed by atoms with Crippen LogP contribution in [0.3, 0.4) is 0 Å². The first kappa shape index (κ1) is 14.6. The van der Waals surface area contributed by atoms with Crippen LogP contribution in [0.25, 0.3) is 11.1 Å². The highest BCUT2D eigenvalue weighted by Crippen LogP contribution is 2.31. The Kier molecular flexibility index (Phi) is 3.96. The highest BCUT2D eigenvalue weighted by atomic mass is 16.5. The molecule has 2 aromatic rings. The van der Waals surface area contributed by atoms with E-state index in [0.717, 1.165) is 29.9 Å². The van der Waals surface area contributed by atoms with Crippen LogP contribution in [-0.4, -0.2) is 25.3 Å². The Morgan fingerprint density at radius 3 is 2.13 bits per heavy atom. The monoisotopic (exact) mass is 309 g/mol. The van der Waals surface area contributed by atoms with Crippen LogP contribution in [0.4, 0.5) is 0 Å². The standard InChI is InChI=1S/C20H23NO2/c1-22-18-6-2-4-14(10-18)15-5-3-7-19(11-15)23-20-12-16-8-9-17(13-20)21-16/h2-7,10-11,16-17,20-21H,8-9,12-13H2,1H3/t16-,17+,20-. The lowest BCUT2D eigenvalue weighted by molar-refractivity contribution is 0.137. The zero-order chi connectivity index (χ0) is 15.6. The lowest BCUT2D eigenvalue weighted by atomic mass is 10.0. The van der Waals surface area contributed by atoms with Crippen LogP contribution in [0.2, 0.25) is 0 Å². The Hall–Kier alpha value is -2.00. The normalized spacial score (nSPS) is 26.0. The minimum absolute atomic E-state index is 0.342. The average Bonchev–Trinajstić information content (AvgIpc) is 2.94. The summed E-state index contributed by atoms with van der Waals surface area (Å²) in [5, 5.41) is 3.66. The van der Waals surface area contributed by atoms with Gasteiger partial charge in [0.15, 0.2) is 0 Å². The summed E-state index contributed by atoms with van der Waals surface area (Å²) < 4.78 is 11.6. The number of nitrogens with one attached hydrogen (secondary N) is 1. The van der Waals surface area contributed by atoms with Gasteiger partial charge in [-0.3, -0.25) is 0 Å². The van der Waals surface area contributed by atoms with Crippen LogP contribution in [0.15, 0.2) is 48.5 Å². The first-order valence-corrected chi connectivity index (χ1v) is 8.47. The summed E-state index contributed by atoms with van der Waals surface area (Å²) in [6, 6.07) is 17.8. The SMILES string of the molecule is COc1cccc(-c2cccc(O[C@@H]3C[C@H]4CC[C@@H](C3)N4)c2)c1. The fourth-order valence-corrected chi connectivity index (χ4v) is 3.85. The number of ether oxygens (including phenoxy) is 2. The lowest BCUT2D eigenvalue weighted by Gasteiger charge is -2.29. The van der Waals surface area contributed by atoms with E-state index in [4.69, 9.17) is 9.47 Å². The molecule has 2 fully saturated rings. The molecule has 0 aliphatic carbocycles. The summed E-state index contributed by atoms with van der Waals surface area (Å²) in [5.74, 6) is 1.85. The Morgan fingerprint density at radius 2 is 1.48 bits per heavy atom. The minimum Gasteiger partial charge on any atom is -0.497 e. The molecule has 1 N–H and O–H groups in total. The summed E-state index contributed by atoms with van der Waals surface area (Å²) in [4.78, 5) is 0. The molecule has 2 aliphatic heterocycles. The number of fused-ring (bicyclic) bond motifs is 2. The molecule has 120 valence electrons. The van der Waals surface area contributed by atoms with Gasteiger partial charge in [-0.1, -0.05) is 24.3 Å². The van der Waals surface area contributed by atoms with E-state index in [9.17, 15) is 0 Å². The van der Waals surface area contributed by atoms with Crippen LogP contribution in [0.5, 0.6) is 11.5 Å². The van der Waals surface area contributed by atoms with Gasteiger partial charge in [0.25, 0.3) is 0 Å². The van der Waals surface area contributed by atoms with E-state index in [1.807, 2.05) is 12.1 Å². The van der Waals surface area contributed by atoms with Crippen molar-refractivity contribution in [1.29, 1.82) is 0 Å². The van der Waals surface area contributed by atoms with Gasteiger partial charge >= 0.3 is 0 Å². The molecule has 3 heteroatoms. The number of hydrogen-bond acceptors (Lipinski definition) is 3. The maximum Gasteiger partial charge on any atom is 0.120 e. The van der Waals surface area contributed by atoms with Gasteiger partial charge < -0.3 is 14.8 Å². The molecular formula is C20H23NO2. The molecule has 2 bridgehead atoms. The van der Waals surface area contributed by atoms with Crippen molar-refractivity contribution >= 4 is 0 Å². The van der Waals surface area contributed by atoms with Gasteiger partial charge in [-0.05, 0) is 61.1 Å². The zero-order valence-electron chi connectivity index (χ0n) is 13.5. The summed E-state index contributed by atoms with van der Waals surface area (Å²) in [7, 11) is 1.70. The smallest absolute Gasteiger partial charge is 0.120 e.